The highest BCUT2D eigenvalue weighted by Gasteiger charge is 2.13. The molecule has 3 radical (unpaired) electrons. The predicted octanol–water partition coefficient (Wildman–Crippen LogP) is 1.55. The standard InChI is InChI=1S/C13H10N2O2S.N/c14-18(16,17)13-7-3-6-12-10(13)8-9-4-1-2-5-11(9)15-12;/h1-8H,(H2,14,16,17);. The van der Waals surface area contributed by atoms with Crippen molar-refractivity contribution in [2.24, 2.45) is 5.14 Å². The summed E-state index contributed by atoms with van der Waals surface area (Å²) in [4.78, 5) is 4.54. The number of hydrogen-bond donors (Lipinski definition) is 1. The Labute approximate surface area is 110 Å². The molecule has 5 nitrogen and oxygen atoms in total. The van der Waals surface area contributed by atoms with Crippen LogP contribution in [-0.2, 0) is 10.0 Å². The number of nitrogens with zero attached hydrogens (tertiary/aromatic N) is 2. The number of rotatable bonds is 1. The minimum atomic E-state index is -3.74. The van der Waals surface area contributed by atoms with E-state index in [1.165, 1.54) is 6.07 Å². The van der Waals surface area contributed by atoms with Gasteiger partial charge in [-0.1, -0.05) is 24.3 Å². The lowest BCUT2D eigenvalue weighted by molar-refractivity contribution is 0.598. The van der Waals surface area contributed by atoms with Crippen molar-refractivity contribution < 1.29 is 8.42 Å². The van der Waals surface area contributed by atoms with Gasteiger partial charge >= 0.3 is 0 Å². The van der Waals surface area contributed by atoms with Crippen LogP contribution in [0.4, 0.5) is 0 Å². The van der Waals surface area contributed by atoms with Crippen LogP contribution in [0.5, 0.6) is 0 Å². The van der Waals surface area contributed by atoms with E-state index in [9.17, 15) is 8.42 Å². The van der Waals surface area contributed by atoms with E-state index < -0.39 is 10.0 Å². The molecule has 0 saturated carbocycles. The Bertz CT molecular complexity index is 860. The van der Waals surface area contributed by atoms with E-state index in [-0.39, 0.29) is 11.0 Å². The fraction of sp³-hybridized carbons (Fsp3) is 0. The Morgan fingerprint density at radius 3 is 2.37 bits per heavy atom. The molecule has 0 saturated heterocycles. The molecule has 3 aromatic rings. The van der Waals surface area contributed by atoms with Crippen molar-refractivity contribution in [2.75, 3.05) is 0 Å². The number of para-hydroxylation sites is 1. The molecule has 0 aliphatic heterocycles. The molecule has 0 fully saturated rings. The highest BCUT2D eigenvalue weighted by atomic mass is 32.2. The maximum Gasteiger partial charge on any atom is 0.238 e. The van der Waals surface area contributed by atoms with Gasteiger partial charge < -0.3 is 0 Å². The van der Waals surface area contributed by atoms with Crippen LogP contribution in [0, 0.1) is 0 Å². The Hall–Kier alpha value is -2.02. The zero-order valence-corrected chi connectivity index (χ0v) is 10.6. The van der Waals surface area contributed by atoms with Gasteiger partial charge in [0.2, 0.25) is 10.0 Å². The summed E-state index contributed by atoms with van der Waals surface area (Å²) in [5.41, 5.74) is 1.46. The van der Waals surface area contributed by atoms with Crippen molar-refractivity contribution in [3.05, 3.63) is 48.5 Å². The Morgan fingerprint density at radius 1 is 0.947 bits per heavy atom. The number of hydrogen-bond acceptors (Lipinski definition) is 3. The average molecular weight is 272 g/mol. The molecule has 0 spiro atoms. The summed E-state index contributed by atoms with van der Waals surface area (Å²) in [6.45, 7) is 0. The normalized spacial score (nSPS) is 11.4. The molecular formula is C13H10N3O2S. The van der Waals surface area contributed by atoms with E-state index in [4.69, 9.17) is 5.14 Å². The second kappa shape index (κ2) is 4.58. The van der Waals surface area contributed by atoms with Gasteiger partial charge in [0, 0.05) is 16.9 Å². The summed E-state index contributed by atoms with van der Waals surface area (Å²) >= 11 is 0. The van der Waals surface area contributed by atoms with Gasteiger partial charge in [0.25, 0.3) is 0 Å². The van der Waals surface area contributed by atoms with Gasteiger partial charge in [0.1, 0.15) is 0 Å². The van der Waals surface area contributed by atoms with E-state index >= 15 is 0 Å². The van der Waals surface area contributed by atoms with E-state index in [1.807, 2.05) is 24.3 Å². The molecule has 2 N–H and O–H groups in total. The zero-order chi connectivity index (χ0) is 12.8. The molecule has 0 amide bonds. The number of aromatic nitrogens is 1. The maximum absolute atomic E-state index is 11.5. The molecule has 95 valence electrons. The SMILES string of the molecule is NS(=O)(=O)c1cccc2nc3ccccc3cc12.[N]. The molecule has 2 aromatic carbocycles. The van der Waals surface area contributed by atoms with Crippen LogP contribution >= 0.6 is 0 Å². The van der Waals surface area contributed by atoms with Crippen molar-refractivity contribution in [2.45, 2.75) is 4.90 Å². The molecular weight excluding hydrogens is 262 g/mol. The number of nitrogens with two attached hydrogens (primary N) is 1. The molecule has 0 bridgehead atoms. The first-order chi connectivity index (χ1) is 8.55. The van der Waals surface area contributed by atoms with Crippen LogP contribution < -0.4 is 11.3 Å². The summed E-state index contributed by atoms with van der Waals surface area (Å²) in [6, 6.07) is 14.3. The monoisotopic (exact) mass is 272 g/mol. The van der Waals surface area contributed by atoms with Gasteiger partial charge in [0.05, 0.1) is 15.9 Å². The molecule has 0 unspecified atom stereocenters. The third-order valence-electron chi connectivity index (χ3n) is 2.83. The summed E-state index contributed by atoms with van der Waals surface area (Å²) in [7, 11) is -3.74. The Kier molecular flexibility index (Phi) is 3.23. The lowest BCUT2D eigenvalue weighted by atomic mass is 10.1. The smallest absolute Gasteiger partial charge is 0.238 e. The fourth-order valence-electron chi connectivity index (χ4n) is 2.02. The molecule has 0 aliphatic rings. The Morgan fingerprint density at radius 2 is 1.63 bits per heavy atom. The number of pyridine rings is 1. The number of primary sulfonamides is 1. The summed E-state index contributed by atoms with van der Waals surface area (Å²) in [5, 5.41) is 6.66. The van der Waals surface area contributed by atoms with Crippen molar-refractivity contribution in [3.63, 3.8) is 0 Å². The molecule has 1 aromatic heterocycles. The van der Waals surface area contributed by atoms with Crippen LogP contribution in [0.3, 0.4) is 0 Å². The van der Waals surface area contributed by atoms with Gasteiger partial charge in [-0.15, -0.1) is 0 Å². The Balaban J connectivity index is 0.00000133. The van der Waals surface area contributed by atoms with Gasteiger partial charge in [-0.2, -0.15) is 0 Å². The van der Waals surface area contributed by atoms with Crippen LogP contribution in [0.25, 0.3) is 21.8 Å². The zero-order valence-electron chi connectivity index (χ0n) is 9.82. The molecule has 3 rings (SSSR count). The second-order valence-electron chi connectivity index (χ2n) is 4.05. The van der Waals surface area contributed by atoms with Crippen LogP contribution in [-0.4, -0.2) is 13.4 Å². The van der Waals surface area contributed by atoms with Gasteiger partial charge in [-0.25, -0.2) is 18.5 Å². The van der Waals surface area contributed by atoms with Crippen molar-refractivity contribution >= 4 is 31.8 Å². The first kappa shape index (κ1) is 13.4. The van der Waals surface area contributed by atoms with Gasteiger partial charge in [0.15, 0.2) is 0 Å². The molecule has 6 heteroatoms. The van der Waals surface area contributed by atoms with Gasteiger partial charge in [-0.3, -0.25) is 0 Å². The van der Waals surface area contributed by atoms with E-state index in [0.717, 1.165) is 10.9 Å². The first-order valence-electron chi connectivity index (χ1n) is 5.37. The van der Waals surface area contributed by atoms with Crippen molar-refractivity contribution in [3.8, 4) is 0 Å². The van der Waals surface area contributed by atoms with Crippen LogP contribution in [0.2, 0.25) is 0 Å². The summed E-state index contributed by atoms with van der Waals surface area (Å²) in [6.07, 6.45) is 0. The first-order valence-corrected chi connectivity index (χ1v) is 6.92. The largest absolute Gasteiger partial charge is 0.248 e. The van der Waals surface area contributed by atoms with Gasteiger partial charge in [-0.05, 0) is 24.3 Å². The lowest BCUT2D eigenvalue weighted by Gasteiger charge is -2.05. The number of sulfonamides is 1. The van der Waals surface area contributed by atoms with Crippen LogP contribution in [0.1, 0.15) is 0 Å². The fourth-order valence-corrected chi connectivity index (χ4v) is 2.76. The third-order valence-corrected chi connectivity index (χ3v) is 3.80. The van der Waals surface area contributed by atoms with Crippen molar-refractivity contribution in [1.82, 2.24) is 11.1 Å². The van der Waals surface area contributed by atoms with E-state index in [0.29, 0.717) is 10.9 Å². The quantitative estimate of drug-likeness (QED) is 0.679. The molecule has 1 heterocycles. The molecule has 0 aliphatic carbocycles. The van der Waals surface area contributed by atoms with E-state index in [2.05, 4.69) is 4.98 Å². The third kappa shape index (κ3) is 2.28. The summed E-state index contributed by atoms with van der Waals surface area (Å²) < 4.78 is 23.1. The molecule has 19 heavy (non-hydrogen) atoms. The average Bonchev–Trinajstić information content (AvgIpc) is 2.34. The minimum absolute atomic E-state index is 0. The van der Waals surface area contributed by atoms with E-state index in [1.54, 1.807) is 18.2 Å². The second-order valence-corrected chi connectivity index (χ2v) is 5.58. The minimum Gasteiger partial charge on any atom is -0.248 e. The van der Waals surface area contributed by atoms with Crippen molar-refractivity contribution in [1.29, 1.82) is 0 Å². The number of fused-ring (bicyclic) bond motifs is 2. The van der Waals surface area contributed by atoms with Crippen LogP contribution in [0.15, 0.2) is 53.4 Å². The number of benzene rings is 2. The maximum atomic E-state index is 11.5. The highest BCUT2D eigenvalue weighted by Crippen LogP contribution is 2.24. The lowest BCUT2D eigenvalue weighted by Crippen LogP contribution is -2.12. The predicted molar refractivity (Wildman–Crippen MR) is 72.8 cm³/mol. The topological polar surface area (TPSA) is 104 Å². The molecule has 0 atom stereocenters. The summed E-state index contributed by atoms with van der Waals surface area (Å²) in [5.74, 6) is 0. The highest BCUT2D eigenvalue weighted by molar-refractivity contribution is 7.89.